The van der Waals surface area contributed by atoms with Crippen LogP contribution in [-0.4, -0.2) is 32.1 Å². The first-order chi connectivity index (χ1) is 9.22. The Kier molecular flexibility index (Phi) is 3.48. The summed E-state index contributed by atoms with van der Waals surface area (Å²) in [4.78, 5) is 2.41. The number of hydrogen-bond acceptors (Lipinski definition) is 4. The monoisotopic (exact) mass is 262 g/mol. The van der Waals surface area contributed by atoms with E-state index in [9.17, 15) is 0 Å². The second-order valence-corrected chi connectivity index (χ2v) is 5.41. The lowest BCUT2D eigenvalue weighted by molar-refractivity contribution is -0.169. The van der Waals surface area contributed by atoms with Crippen molar-refractivity contribution in [1.29, 1.82) is 0 Å². The first-order valence-electron chi connectivity index (χ1n) is 7.05. The summed E-state index contributed by atoms with van der Waals surface area (Å²) in [5, 5.41) is 0. The molecular weight excluding hydrogens is 240 g/mol. The highest BCUT2D eigenvalue weighted by Gasteiger charge is 2.39. The second kappa shape index (κ2) is 5.12. The highest BCUT2D eigenvalue weighted by atomic mass is 16.7. The van der Waals surface area contributed by atoms with Gasteiger partial charge in [-0.05, 0) is 30.2 Å². The lowest BCUT2D eigenvalue weighted by Crippen LogP contribution is -2.45. The Hall–Kier alpha value is -1.10. The average Bonchev–Trinajstić information content (AvgIpc) is 2.88. The number of aryl methyl sites for hydroxylation is 1. The number of piperidine rings is 1. The molecular formula is C15H22N2O2. The van der Waals surface area contributed by atoms with E-state index in [1.807, 2.05) is 0 Å². The highest BCUT2D eigenvalue weighted by Crippen LogP contribution is 2.33. The van der Waals surface area contributed by atoms with Crippen molar-refractivity contribution in [3.8, 4) is 0 Å². The number of nitrogens with two attached hydrogens (primary N) is 1. The van der Waals surface area contributed by atoms with E-state index in [2.05, 4.69) is 30.0 Å². The standard InChI is InChI=1S/C15H22N2O2/c1-12-10-14(3-2-13(12)11-16)17-6-4-15(5-7-17)18-8-9-19-15/h2-3,10H,4-9,11,16H2,1H3. The van der Waals surface area contributed by atoms with Gasteiger partial charge < -0.3 is 20.1 Å². The van der Waals surface area contributed by atoms with Gasteiger partial charge in [0.15, 0.2) is 5.79 Å². The molecule has 2 fully saturated rings. The second-order valence-electron chi connectivity index (χ2n) is 5.41. The van der Waals surface area contributed by atoms with E-state index in [4.69, 9.17) is 15.2 Å². The maximum Gasteiger partial charge on any atom is 0.171 e. The van der Waals surface area contributed by atoms with Gasteiger partial charge in [-0.15, -0.1) is 0 Å². The Labute approximate surface area is 114 Å². The Morgan fingerprint density at radius 2 is 1.89 bits per heavy atom. The molecule has 1 aromatic carbocycles. The fraction of sp³-hybridized carbons (Fsp3) is 0.600. The molecule has 2 aliphatic heterocycles. The summed E-state index contributed by atoms with van der Waals surface area (Å²) in [6.07, 6.45) is 1.90. The minimum Gasteiger partial charge on any atom is -0.371 e. The third-order valence-corrected chi connectivity index (χ3v) is 4.25. The van der Waals surface area contributed by atoms with Crippen LogP contribution in [0, 0.1) is 6.92 Å². The summed E-state index contributed by atoms with van der Waals surface area (Å²) >= 11 is 0. The fourth-order valence-electron chi connectivity index (χ4n) is 3.00. The van der Waals surface area contributed by atoms with Crippen LogP contribution in [0.4, 0.5) is 5.69 Å². The quantitative estimate of drug-likeness (QED) is 0.883. The zero-order valence-electron chi connectivity index (χ0n) is 11.5. The molecule has 19 heavy (non-hydrogen) atoms. The van der Waals surface area contributed by atoms with E-state index in [1.165, 1.54) is 16.8 Å². The number of nitrogens with zero attached hydrogens (tertiary/aromatic N) is 1. The van der Waals surface area contributed by atoms with Crippen LogP contribution in [0.15, 0.2) is 18.2 Å². The predicted octanol–water partition coefficient (Wildman–Crippen LogP) is 1.80. The van der Waals surface area contributed by atoms with Crippen molar-refractivity contribution in [2.45, 2.75) is 32.1 Å². The molecule has 2 saturated heterocycles. The SMILES string of the molecule is Cc1cc(N2CCC3(CC2)OCCO3)ccc1CN. The third-order valence-electron chi connectivity index (χ3n) is 4.25. The molecule has 3 rings (SSSR count). The molecule has 104 valence electrons. The molecule has 0 saturated carbocycles. The van der Waals surface area contributed by atoms with Gasteiger partial charge in [-0.2, -0.15) is 0 Å². The summed E-state index contributed by atoms with van der Waals surface area (Å²) in [6.45, 7) is 6.19. The Balaban J connectivity index is 1.69. The molecule has 4 heteroatoms. The van der Waals surface area contributed by atoms with Gasteiger partial charge in [0.25, 0.3) is 0 Å². The lowest BCUT2D eigenvalue weighted by Gasteiger charge is -2.38. The van der Waals surface area contributed by atoms with Crippen LogP contribution in [0.3, 0.4) is 0 Å². The average molecular weight is 262 g/mol. The number of rotatable bonds is 2. The predicted molar refractivity (Wildman–Crippen MR) is 75.2 cm³/mol. The van der Waals surface area contributed by atoms with E-state index in [-0.39, 0.29) is 5.79 Å². The van der Waals surface area contributed by atoms with Crippen molar-refractivity contribution in [1.82, 2.24) is 0 Å². The minimum absolute atomic E-state index is 0.289. The molecule has 0 atom stereocenters. The van der Waals surface area contributed by atoms with E-state index in [1.54, 1.807) is 0 Å². The largest absolute Gasteiger partial charge is 0.371 e. The zero-order valence-corrected chi connectivity index (χ0v) is 11.5. The van der Waals surface area contributed by atoms with Crippen molar-refractivity contribution in [2.75, 3.05) is 31.2 Å². The molecule has 4 nitrogen and oxygen atoms in total. The van der Waals surface area contributed by atoms with Crippen LogP contribution in [0.1, 0.15) is 24.0 Å². The first kappa shape index (κ1) is 12.9. The van der Waals surface area contributed by atoms with Gasteiger partial charge in [0.1, 0.15) is 0 Å². The molecule has 0 aliphatic carbocycles. The molecule has 2 aliphatic rings. The van der Waals surface area contributed by atoms with Crippen molar-refractivity contribution >= 4 is 5.69 Å². The van der Waals surface area contributed by atoms with Crippen LogP contribution in [-0.2, 0) is 16.0 Å². The molecule has 2 heterocycles. The maximum absolute atomic E-state index is 5.76. The summed E-state index contributed by atoms with van der Waals surface area (Å²) in [6, 6.07) is 6.54. The van der Waals surface area contributed by atoms with Crippen molar-refractivity contribution in [2.24, 2.45) is 5.73 Å². The van der Waals surface area contributed by atoms with Crippen LogP contribution in [0.2, 0.25) is 0 Å². The number of anilines is 1. The summed E-state index contributed by atoms with van der Waals surface area (Å²) in [5.74, 6) is -0.289. The van der Waals surface area contributed by atoms with Gasteiger partial charge in [-0.3, -0.25) is 0 Å². The first-order valence-corrected chi connectivity index (χ1v) is 7.05. The van der Waals surface area contributed by atoms with E-state index < -0.39 is 0 Å². The normalized spacial score (nSPS) is 22.1. The van der Waals surface area contributed by atoms with E-state index in [0.717, 1.165) is 39.1 Å². The molecule has 0 amide bonds. The number of benzene rings is 1. The molecule has 0 unspecified atom stereocenters. The Bertz CT molecular complexity index is 445. The van der Waals surface area contributed by atoms with E-state index in [0.29, 0.717) is 6.54 Å². The van der Waals surface area contributed by atoms with Gasteiger partial charge in [0.2, 0.25) is 0 Å². The lowest BCUT2D eigenvalue weighted by atomic mass is 10.0. The summed E-state index contributed by atoms with van der Waals surface area (Å²) in [7, 11) is 0. The zero-order chi connectivity index (χ0) is 13.3. The molecule has 1 spiro atoms. The topological polar surface area (TPSA) is 47.7 Å². The molecule has 0 radical (unpaired) electrons. The van der Waals surface area contributed by atoms with Crippen molar-refractivity contribution < 1.29 is 9.47 Å². The summed E-state index contributed by atoms with van der Waals surface area (Å²) in [5.41, 5.74) is 9.49. The fourth-order valence-corrected chi connectivity index (χ4v) is 3.00. The van der Waals surface area contributed by atoms with Crippen LogP contribution in [0.5, 0.6) is 0 Å². The van der Waals surface area contributed by atoms with Gasteiger partial charge in [-0.25, -0.2) is 0 Å². The minimum atomic E-state index is -0.289. The number of hydrogen-bond donors (Lipinski definition) is 1. The molecule has 1 aromatic rings. The third kappa shape index (κ3) is 2.48. The Morgan fingerprint density at radius 3 is 2.47 bits per heavy atom. The van der Waals surface area contributed by atoms with Gasteiger partial charge in [0.05, 0.1) is 13.2 Å². The highest BCUT2D eigenvalue weighted by molar-refractivity contribution is 5.51. The summed E-state index contributed by atoms with van der Waals surface area (Å²) < 4.78 is 11.5. The molecule has 2 N–H and O–H groups in total. The Morgan fingerprint density at radius 1 is 1.21 bits per heavy atom. The smallest absolute Gasteiger partial charge is 0.171 e. The van der Waals surface area contributed by atoms with Crippen LogP contribution < -0.4 is 10.6 Å². The van der Waals surface area contributed by atoms with Crippen LogP contribution in [0.25, 0.3) is 0 Å². The van der Waals surface area contributed by atoms with Crippen LogP contribution >= 0.6 is 0 Å². The molecule has 0 bridgehead atoms. The van der Waals surface area contributed by atoms with Crippen molar-refractivity contribution in [3.63, 3.8) is 0 Å². The van der Waals surface area contributed by atoms with Gasteiger partial charge in [0, 0.05) is 38.2 Å². The van der Waals surface area contributed by atoms with Gasteiger partial charge >= 0.3 is 0 Å². The maximum atomic E-state index is 5.76. The van der Waals surface area contributed by atoms with E-state index >= 15 is 0 Å². The van der Waals surface area contributed by atoms with Crippen molar-refractivity contribution in [3.05, 3.63) is 29.3 Å². The van der Waals surface area contributed by atoms with Gasteiger partial charge in [-0.1, -0.05) is 6.07 Å². The number of ether oxygens (including phenoxy) is 2. The molecule has 0 aromatic heterocycles.